The predicted octanol–water partition coefficient (Wildman–Crippen LogP) is 0.00578. The molecule has 1 aliphatic carbocycles. The Hall–Kier alpha value is -1.56. The van der Waals surface area contributed by atoms with Crippen LogP contribution in [0.4, 0.5) is 0 Å². The Labute approximate surface area is 113 Å². The average molecular weight is 261 g/mol. The number of hydrogen-bond acceptors (Lipinski definition) is 4. The summed E-state index contributed by atoms with van der Waals surface area (Å²) in [6, 6.07) is 1.43. The third-order valence-electron chi connectivity index (χ3n) is 4.01. The van der Waals surface area contributed by atoms with Gasteiger partial charge < -0.3 is 15.3 Å². The standard InChI is InChI=1S/C14H19N3O2/c1-2-10-6-7-11(8-15)17(10)14(19)9-16-12-4-3-5-13(12)18/h1,10-13,16,18H,3-7,9H2/t10-,11-,12?,13-/m0/s1. The van der Waals surface area contributed by atoms with Gasteiger partial charge in [-0.2, -0.15) is 5.26 Å². The summed E-state index contributed by atoms with van der Waals surface area (Å²) >= 11 is 0. The summed E-state index contributed by atoms with van der Waals surface area (Å²) in [5.74, 6) is 2.43. The number of carbonyl (C=O) groups excluding carboxylic acids is 1. The number of aliphatic hydroxyl groups is 1. The zero-order chi connectivity index (χ0) is 13.8. The second-order valence-electron chi connectivity index (χ2n) is 5.19. The molecule has 19 heavy (non-hydrogen) atoms. The summed E-state index contributed by atoms with van der Waals surface area (Å²) < 4.78 is 0. The van der Waals surface area contributed by atoms with Crippen molar-refractivity contribution in [1.29, 1.82) is 5.26 Å². The zero-order valence-corrected chi connectivity index (χ0v) is 10.9. The second kappa shape index (κ2) is 6.06. The molecule has 1 aliphatic heterocycles. The minimum absolute atomic E-state index is 0.0172. The molecule has 0 aromatic heterocycles. The molecule has 2 rings (SSSR count). The molecule has 1 unspecified atom stereocenters. The maximum atomic E-state index is 12.2. The summed E-state index contributed by atoms with van der Waals surface area (Å²) in [5.41, 5.74) is 0. The van der Waals surface area contributed by atoms with E-state index < -0.39 is 6.04 Å². The quantitative estimate of drug-likeness (QED) is 0.701. The number of nitriles is 1. The van der Waals surface area contributed by atoms with Crippen molar-refractivity contribution in [3.05, 3.63) is 0 Å². The highest BCUT2D eigenvalue weighted by Gasteiger charge is 2.36. The third-order valence-corrected chi connectivity index (χ3v) is 4.01. The number of carbonyl (C=O) groups is 1. The molecule has 0 aromatic rings. The van der Waals surface area contributed by atoms with Crippen LogP contribution in [0.25, 0.3) is 0 Å². The molecule has 1 heterocycles. The van der Waals surface area contributed by atoms with Crippen LogP contribution >= 0.6 is 0 Å². The summed E-state index contributed by atoms with van der Waals surface area (Å²) in [6.45, 7) is 0.137. The molecule has 2 fully saturated rings. The lowest BCUT2D eigenvalue weighted by atomic mass is 10.2. The largest absolute Gasteiger partial charge is 0.392 e. The zero-order valence-electron chi connectivity index (χ0n) is 10.9. The number of rotatable bonds is 3. The first-order chi connectivity index (χ1) is 9.17. The van der Waals surface area contributed by atoms with Crippen LogP contribution in [0.3, 0.4) is 0 Å². The molecule has 0 spiro atoms. The van der Waals surface area contributed by atoms with E-state index >= 15 is 0 Å². The summed E-state index contributed by atoms with van der Waals surface area (Å²) in [7, 11) is 0. The Bertz CT molecular complexity index is 401. The van der Waals surface area contributed by atoms with Crippen LogP contribution in [0.2, 0.25) is 0 Å². The van der Waals surface area contributed by atoms with Gasteiger partial charge in [-0.1, -0.05) is 5.92 Å². The number of nitrogens with zero attached hydrogens (tertiary/aromatic N) is 2. The molecular formula is C14H19N3O2. The van der Waals surface area contributed by atoms with Crippen molar-refractivity contribution in [2.24, 2.45) is 0 Å². The minimum Gasteiger partial charge on any atom is -0.392 e. The molecule has 102 valence electrons. The Morgan fingerprint density at radius 2 is 2.11 bits per heavy atom. The number of amides is 1. The predicted molar refractivity (Wildman–Crippen MR) is 69.8 cm³/mol. The van der Waals surface area contributed by atoms with Gasteiger partial charge >= 0.3 is 0 Å². The Kier molecular flexibility index (Phi) is 4.42. The highest BCUT2D eigenvalue weighted by molar-refractivity contribution is 5.80. The summed E-state index contributed by atoms with van der Waals surface area (Å²) in [5, 5.41) is 21.8. The third kappa shape index (κ3) is 2.89. The molecule has 0 bridgehead atoms. The van der Waals surface area contributed by atoms with E-state index in [2.05, 4.69) is 17.3 Å². The lowest BCUT2D eigenvalue weighted by Gasteiger charge is -2.25. The van der Waals surface area contributed by atoms with E-state index in [1.165, 1.54) is 4.90 Å². The molecule has 1 saturated carbocycles. The van der Waals surface area contributed by atoms with Gasteiger partial charge in [0.05, 0.1) is 24.8 Å². The van der Waals surface area contributed by atoms with Gasteiger partial charge in [-0.05, 0) is 32.1 Å². The van der Waals surface area contributed by atoms with Gasteiger partial charge in [0.1, 0.15) is 6.04 Å². The Morgan fingerprint density at radius 3 is 2.68 bits per heavy atom. The van der Waals surface area contributed by atoms with Crippen LogP contribution in [-0.2, 0) is 4.79 Å². The lowest BCUT2D eigenvalue weighted by Crippen LogP contribution is -2.47. The van der Waals surface area contributed by atoms with E-state index in [0.717, 1.165) is 19.3 Å². The SMILES string of the molecule is C#C[C@H]1CC[C@@H](C#N)N1C(=O)CNC1CCC[C@@H]1O. The molecule has 4 atom stereocenters. The van der Waals surface area contributed by atoms with Crippen LogP contribution in [0, 0.1) is 23.7 Å². The molecule has 0 radical (unpaired) electrons. The molecule has 5 heteroatoms. The second-order valence-corrected chi connectivity index (χ2v) is 5.19. The number of hydrogen-bond donors (Lipinski definition) is 2. The normalized spacial score (nSPS) is 33.9. The molecule has 1 saturated heterocycles. The molecule has 2 aliphatic rings. The van der Waals surface area contributed by atoms with Crippen LogP contribution < -0.4 is 5.32 Å². The molecule has 1 amide bonds. The fourth-order valence-corrected chi connectivity index (χ4v) is 2.94. The number of likely N-dealkylation sites (tertiary alicyclic amines) is 1. The lowest BCUT2D eigenvalue weighted by molar-refractivity contribution is -0.131. The first kappa shape index (κ1) is 13.9. The van der Waals surface area contributed by atoms with Gasteiger partial charge in [-0.3, -0.25) is 4.79 Å². The smallest absolute Gasteiger partial charge is 0.238 e. The summed E-state index contributed by atoms with van der Waals surface area (Å²) in [6.07, 6.45) is 9.00. The Balaban J connectivity index is 1.91. The maximum Gasteiger partial charge on any atom is 0.238 e. The van der Waals surface area contributed by atoms with Gasteiger partial charge in [-0.25, -0.2) is 0 Å². The van der Waals surface area contributed by atoms with E-state index in [1.807, 2.05) is 0 Å². The topological polar surface area (TPSA) is 76.4 Å². The fourth-order valence-electron chi connectivity index (χ4n) is 2.94. The van der Waals surface area contributed by atoms with Crippen molar-refractivity contribution in [2.45, 2.75) is 56.3 Å². The molecule has 0 aromatic carbocycles. The molecular weight excluding hydrogens is 242 g/mol. The van der Waals surface area contributed by atoms with Crippen molar-refractivity contribution in [2.75, 3.05) is 6.54 Å². The first-order valence-corrected chi connectivity index (χ1v) is 6.75. The van der Waals surface area contributed by atoms with Crippen molar-refractivity contribution in [3.8, 4) is 18.4 Å². The average Bonchev–Trinajstić information content (AvgIpc) is 3.01. The van der Waals surface area contributed by atoms with E-state index in [-0.39, 0.29) is 30.6 Å². The summed E-state index contributed by atoms with van der Waals surface area (Å²) in [4.78, 5) is 13.7. The fraction of sp³-hybridized carbons (Fsp3) is 0.714. The van der Waals surface area contributed by atoms with E-state index in [0.29, 0.717) is 12.8 Å². The number of nitrogens with one attached hydrogen (secondary N) is 1. The monoisotopic (exact) mass is 261 g/mol. The maximum absolute atomic E-state index is 12.2. The van der Waals surface area contributed by atoms with Crippen molar-refractivity contribution in [3.63, 3.8) is 0 Å². The highest BCUT2D eigenvalue weighted by atomic mass is 16.3. The van der Waals surface area contributed by atoms with Crippen molar-refractivity contribution >= 4 is 5.91 Å². The van der Waals surface area contributed by atoms with Crippen LogP contribution in [0.5, 0.6) is 0 Å². The van der Waals surface area contributed by atoms with Gasteiger partial charge in [0.25, 0.3) is 0 Å². The van der Waals surface area contributed by atoms with Crippen LogP contribution in [0.15, 0.2) is 0 Å². The van der Waals surface area contributed by atoms with Gasteiger partial charge in [0.2, 0.25) is 5.91 Å². The van der Waals surface area contributed by atoms with E-state index in [4.69, 9.17) is 11.7 Å². The number of aliphatic hydroxyl groups excluding tert-OH is 1. The van der Waals surface area contributed by atoms with Crippen molar-refractivity contribution in [1.82, 2.24) is 10.2 Å². The number of terminal acetylenes is 1. The Morgan fingerprint density at radius 1 is 1.37 bits per heavy atom. The van der Waals surface area contributed by atoms with Crippen LogP contribution in [0.1, 0.15) is 32.1 Å². The molecule has 5 nitrogen and oxygen atoms in total. The van der Waals surface area contributed by atoms with Gasteiger partial charge in [-0.15, -0.1) is 6.42 Å². The van der Waals surface area contributed by atoms with E-state index in [1.54, 1.807) is 0 Å². The highest BCUT2D eigenvalue weighted by Crippen LogP contribution is 2.23. The van der Waals surface area contributed by atoms with Crippen molar-refractivity contribution < 1.29 is 9.90 Å². The molecule has 2 N–H and O–H groups in total. The first-order valence-electron chi connectivity index (χ1n) is 6.75. The minimum atomic E-state index is -0.413. The van der Waals surface area contributed by atoms with Gasteiger partial charge in [0.15, 0.2) is 0 Å². The van der Waals surface area contributed by atoms with Crippen LogP contribution in [-0.4, -0.2) is 46.7 Å². The van der Waals surface area contributed by atoms with Gasteiger partial charge in [0, 0.05) is 6.04 Å². The van der Waals surface area contributed by atoms with E-state index in [9.17, 15) is 9.90 Å².